The van der Waals surface area contributed by atoms with Gasteiger partial charge < -0.3 is 13.8 Å². The predicted molar refractivity (Wildman–Crippen MR) is 109 cm³/mol. The fourth-order valence-electron chi connectivity index (χ4n) is 2.63. The molecular weight excluding hydrogens is 338 g/mol. The smallest absolute Gasteiger partial charge is 0.168 e. The van der Waals surface area contributed by atoms with Gasteiger partial charge in [0.2, 0.25) is 0 Å². The van der Waals surface area contributed by atoms with E-state index in [4.69, 9.17) is 13.8 Å². The Morgan fingerprint density at radius 1 is 0.667 bits per heavy atom. The van der Waals surface area contributed by atoms with Crippen LogP contribution in [0, 0.1) is 0 Å². The highest BCUT2D eigenvalue weighted by Gasteiger charge is 2.23. The lowest BCUT2D eigenvalue weighted by atomic mass is 10.3. The minimum absolute atomic E-state index is 0.498. The molecule has 0 saturated carbocycles. The van der Waals surface area contributed by atoms with Gasteiger partial charge in [0, 0.05) is 28.7 Å². The lowest BCUT2D eigenvalue weighted by Crippen LogP contribution is -2.10. The van der Waals surface area contributed by atoms with Crippen molar-refractivity contribution in [1.29, 1.82) is 0 Å². The molecule has 0 bridgehead atoms. The molecule has 138 valence electrons. The molecule has 0 radical (unpaired) electrons. The number of hydrogen-bond acceptors (Lipinski definition) is 3. The third-order valence-electron chi connectivity index (χ3n) is 3.59. The van der Waals surface area contributed by atoms with Gasteiger partial charge in [-0.3, -0.25) is 0 Å². The second-order valence-electron chi connectivity index (χ2n) is 7.09. The predicted octanol–water partition coefficient (Wildman–Crippen LogP) is 6.88. The average molecular weight is 372 g/mol. The van der Waals surface area contributed by atoms with E-state index >= 15 is 0 Å². The lowest BCUT2D eigenvalue weighted by molar-refractivity contribution is 0.395. The first-order chi connectivity index (χ1) is 11.2. The van der Waals surface area contributed by atoms with Crippen molar-refractivity contribution < 1.29 is 13.8 Å². The van der Waals surface area contributed by atoms with Crippen molar-refractivity contribution >= 4 is 16.3 Å². The standard InChI is InChI=1S/C19H34O3P2/c1-13(2)23(14(3)4)21-17-10-11-18(20-9)19(12-17)22-24(15(5)6)16(7)8/h10-16H,1-9H3. The third kappa shape index (κ3) is 6.08. The molecule has 0 atom stereocenters. The fraction of sp³-hybridized carbons (Fsp3) is 0.684. The van der Waals surface area contributed by atoms with E-state index in [1.165, 1.54) is 0 Å². The third-order valence-corrected chi connectivity index (χ3v) is 8.49. The molecule has 1 aromatic rings. The van der Waals surface area contributed by atoms with E-state index in [0.717, 1.165) is 17.2 Å². The van der Waals surface area contributed by atoms with Crippen LogP contribution in [0.2, 0.25) is 0 Å². The molecule has 0 saturated heterocycles. The van der Waals surface area contributed by atoms with E-state index in [0.29, 0.717) is 22.6 Å². The molecule has 0 aliphatic carbocycles. The summed E-state index contributed by atoms with van der Waals surface area (Å²) in [4.78, 5) is 0. The summed E-state index contributed by atoms with van der Waals surface area (Å²) in [7, 11) is 0.603. The van der Waals surface area contributed by atoms with Crippen LogP contribution in [0.1, 0.15) is 55.4 Å². The Bertz CT molecular complexity index is 485. The van der Waals surface area contributed by atoms with Gasteiger partial charge in [-0.25, -0.2) is 0 Å². The van der Waals surface area contributed by atoms with Crippen molar-refractivity contribution in [3.05, 3.63) is 18.2 Å². The van der Waals surface area contributed by atoms with Crippen LogP contribution in [0.3, 0.4) is 0 Å². The van der Waals surface area contributed by atoms with Gasteiger partial charge in [0.1, 0.15) is 5.75 Å². The van der Waals surface area contributed by atoms with Crippen LogP contribution in [0.5, 0.6) is 17.2 Å². The summed E-state index contributed by atoms with van der Waals surface area (Å²) in [6.45, 7) is 17.8. The van der Waals surface area contributed by atoms with Crippen molar-refractivity contribution in [2.75, 3.05) is 7.11 Å². The zero-order chi connectivity index (χ0) is 18.4. The van der Waals surface area contributed by atoms with Gasteiger partial charge in [0.25, 0.3) is 0 Å². The maximum Gasteiger partial charge on any atom is 0.168 e. The molecule has 0 aromatic heterocycles. The number of hydrogen-bond donors (Lipinski definition) is 0. The van der Waals surface area contributed by atoms with E-state index < -0.39 is 16.3 Å². The Morgan fingerprint density at radius 3 is 1.54 bits per heavy atom. The van der Waals surface area contributed by atoms with Crippen molar-refractivity contribution in [3.8, 4) is 17.2 Å². The normalized spacial score (nSPS) is 12.1. The van der Waals surface area contributed by atoms with Gasteiger partial charge in [-0.15, -0.1) is 0 Å². The molecule has 0 amide bonds. The van der Waals surface area contributed by atoms with E-state index in [9.17, 15) is 0 Å². The van der Waals surface area contributed by atoms with Crippen molar-refractivity contribution in [2.24, 2.45) is 0 Å². The highest BCUT2D eigenvalue weighted by molar-refractivity contribution is 7.54. The van der Waals surface area contributed by atoms with E-state index in [1.807, 2.05) is 18.2 Å². The first-order valence-corrected chi connectivity index (χ1v) is 11.6. The van der Waals surface area contributed by atoms with Crippen LogP contribution in [-0.2, 0) is 0 Å². The maximum atomic E-state index is 6.37. The Kier molecular flexibility index (Phi) is 8.82. The molecule has 0 aliphatic heterocycles. The summed E-state index contributed by atoms with van der Waals surface area (Å²) < 4.78 is 18.2. The van der Waals surface area contributed by atoms with Crippen LogP contribution in [0.4, 0.5) is 0 Å². The lowest BCUT2D eigenvalue weighted by Gasteiger charge is -2.28. The largest absolute Gasteiger partial charge is 0.493 e. The maximum absolute atomic E-state index is 6.37. The van der Waals surface area contributed by atoms with Gasteiger partial charge in [0.05, 0.1) is 23.4 Å². The number of rotatable bonds is 9. The Balaban J connectivity index is 3.07. The molecule has 0 spiro atoms. The summed E-state index contributed by atoms with van der Waals surface area (Å²) in [6, 6.07) is 5.94. The second kappa shape index (κ2) is 9.83. The van der Waals surface area contributed by atoms with Gasteiger partial charge in [0.15, 0.2) is 11.5 Å². The zero-order valence-corrected chi connectivity index (χ0v) is 18.4. The summed E-state index contributed by atoms with van der Waals surface area (Å²) >= 11 is 0. The van der Waals surface area contributed by atoms with Crippen LogP contribution >= 0.6 is 16.3 Å². The molecule has 24 heavy (non-hydrogen) atoms. The molecule has 0 N–H and O–H groups in total. The summed E-state index contributed by atoms with van der Waals surface area (Å²) in [5.41, 5.74) is 2.04. The van der Waals surface area contributed by atoms with Crippen molar-refractivity contribution in [2.45, 2.75) is 78.0 Å². The molecule has 3 nitrogen and oxygen atoms in total. The van der Waals surface area contributed by atoms with E-state index in [1.54, 1.807) is 7.11 Å². The summed E-state index contributed by atoms with van der Waals surface area (Å²) in [5, 5.41) is 0. The molecule has 0 heterocycles. The Labute approximate surface area is 151 Å². The quantitative estimate of drug-likeness (QED) is 0.442. The minimum atomic E-state index is -0.565. The molecule has 0 aliphatic rings. The average Bonchev–Trinajstić information content (AvgIpc) is 2.48. The van der Waals surface area contributed by atoms with Gasteiger partial charge in [-0.1, -0.05) is 55.4 Å². The highest BCUT2D eigenvalue weighted by Crippen LogP contribution is 2.52. The van der Waals surface area contributed by atoms with E-state index in [-0.39, 0.29) is 0 Å². The number of ether oxygens (including phenoxy) is 1. The Hall–Kier alpha value is -0.520. The van der Waals surface area contributed by atoms with Gasteiger partial charge in [-0.2, -0.15) is 0 Å². The first-order valence-electron chi connectivity index (χ1n) is 8.78. The minimum Gasteiger partial charge on any atom is -0.493 e. The van der Waals surface area contributed by atoms with Crippen LogP contribution in [0.15, 0.2) is 18.2 Å². The van der Waals surface area contributed by atoms with Crippen LogP contribution in [-0.4, -0.2) is 29.7 Å². The summed E-state index contributed by atoms with van der Waals surface area (Å²) in [5.74, 6) is 2.45. The second-order valence-corrected chi connectivity index (χ2v) is 13.0. The van der Waals surface area contributed by atoms with Gasteiger partial charge >= 0.3 is 0 Å². The van der Waals surface area contributed by atoms with Crippen LogP contribution < -0.4 is 13.8 Å². The first kappa shape index (κ1) is 21.5. The monoisotopic (exact) mass is 372 g/mol. The van der Waals surface area contributed by atoms with Crippen molar-refractivity contribution in [3.63, 3.8) is 0 Å². The van der Waals surface area contributed by atoms with Gasteiger partial charge in [-0.05, 0) is 12.1 Å². The number of benzene rings is 1. The molecule has 0 fully saturated rings. The molecule has 5 heteroatoms. The molecule has 1 aromatic carbocycles. The SMILES string of the molecule is COc1ccc(OP(C(C)C)C(C)C)cc1OP(C(C)C)C(C)C. The summed E-state index contributed by atoms with van der Waals surface area (Å²) in [6.07, 6.45) is 0. The topological polar surface area (TPSA) is 27.7 Å². The molecule has 0 unspecified atom stereocenters. The zero-order valence-electron chi connectivity index (χ0n) is 16.7. The number of methoxy groups -OCH3 is 1. The van der Waals surface area contributed by atoms with Crippen molar-refractivity contribution in [1.82, 2.24) is 0 Å². The van der Waals surface area contributed by atoms with Crippen LogP contribution in [0.25, 0.3) is 0 Å². The highest BCUT2D eigenvalue weighted by atomic mass is 31.1. The fourth-order valence-corrected chi connectivity index (χ4v) is 6.59. The molecule has 1 rings (SSSR count). The molecular formula is C19H34O3P2. The van der Waals surface area contributed by atoms with E-state index in [2.05, 4.69) is 55.4 Å². The Morgan fingerprint density at radius 2 is 1.12 bits per heavy atom.